The zero-order chi connectivity index (χ0) is 24.9. The Morgan fingerprint density at radius 1 is 1.03 bits per heavy atom. The van der Waals surface area contributed by atoms with Gasteiger partial charge in [-0.05, 0) is 66.6 Å². The van der Waals surface area contributed by atoms with Crippen molar-refractivity contribution < 1.29 is 9.53 Å². The van der Waals surface area contributed by atoms with E-state index in [4.69, 9.17) is 32.9 Å². The molecule has 5 rings (SSSR count). The highest BCUT2D eigenvalue weighted by Gasteiger charge is 2.38. The molecule has 0 spiro atoms. The topological polar surface area (TPSA) is 54.8 Å². The number of aliphatic imine (C=N–C) groups is 1. The van der Waals surface area contributed by atoms with Gasteiger partial charge in [-0.15, -0.1) is 0 Å². The van der Waals surface area contributed by atoms with Crippen LogP contribution in [0.5, 0.6) is 5.75 Å². The molecule has 1 saturated carbocycles. The van der Waals surface area contributed by atoms with Crippen LogP contribution in [0.4, 0.5) is 5.69 Å². The minimum atomic E-state index is -0.00953. The van der Waals surface area contributed by atoms with Gasteiger partial charge in [0.15, 0.2) is 10.3 Å². The van der Waals surface area contributed by atoms with Crippen LogP contribution in [0, 0.1) is 0 Å². The van der Waals surface area contributed by atoms with Gasteiger partial charge in [0, 0.05) is 22.8 Å². The number of pyridine rings is 1. The van der Waals surface area contributed by atoms with Gasteiger partial charge < -0.3 is 4.74 Å². The number of halogens is 2. The molecule has 1 amide bonds. The molecule has 1 aliphatic heterocycles. The fourth-order valence-electron chi connectivity index (χ4n) is 4.38. The lowest BCUT2D eigenvalue weighted by Gasteiger charge is -2.30. The quantitative estimate of drug-likeness (QED) is 0.237. The predicted octanol–water partition coefficient (Wildman–Crippen LogP) is 7.90. The van der Waals surface area contributed by atoms with Gasteiger partial charge in [0.05, 0.1) is 4.91 Å². The lowest BCUT2D eigenvalue weighted by atomic mass is 9.94. The summed E-state index contributed by atoms with van der Waals surface area (Å²) in [4.78, 5) is 24.9. The van der Waals surface area contributed by atoms with Crippen molar-refractivity contribution in [2.24, 2.45) is 4.99 Å². The minimum Gasteiger partial charge on any atom is -0.489 e. The monoisotopic (exact) mass is 537 g/mol. The molecule has 36 heavy (non-hydrogen) atoms. The Morgan fingerprint density at radius 3 is 2.56 bits per heavy atom. The largest absolute Gasteiger partial charge is 0.489 e. The summed E-state index contributed by atoms with van der Waals surface area (Å²) in [6.45, 7) is 0.390. The first-order valence-electron chi connectivity index (χ1n) is 12.0. The maximum Gasteiger partial charge on any atom is 0.267 e. The number of hydrogen-bond acceptors (Lipinski definition) is 5. The molecule has 2 fully saturated rings. The number of carbonyl (C=O) groups excluding carboxylic acids is 1. The Labute approximate surface area is 225 Å². The van der Waals surface area contributed by atoms with Gasteiger partial charge in [0.2, 0.25) is 0 Å². The van der Waals surface area contributed by atoms with Crippen LogP contribution in [0.2, 0.25) is 10.2 Å². The third-order valence-electron chi connectivity index (χ3n) is 6.26. The number of carbonyl (C=O) groups is 1. The van der Waals surface area contributed by atoms with Crippen molar-refractivity contribution in [3.8, 4) is 5.75 Å². The number of hydrogen-bond donors (Lipinski definition) is 0. The van der Waals surface area contributed by atoms with Gasteiger partial charge in [-0.2, -0.15) is 0 Å². The third kappa shape index (κ3) is 5.77. The van der Waals surface area contributed by atoms with Crippen molar-refractivity contribution >= 4 is 57.8 Å². The number of nitrogens with zero attached hydrogens (tertiary/aromatic N) is 3. The maximum absolute atomic E-state index is 13.5. The molecule has 1 aliphatic carbocycles. The zero-order valence-electron chi connectivity index (χ0n) is 19.6. The number of benzene rings is 2. The van der Waals surface area contributed by atoms with Crippen molar-refractivity contribution in [2.75, 3.05) is 0 Å². The van der Waals surface area contributed by atoms with E-state index in [0.717, 1.165) is 42.6 Å². The molecular weight excluding hydrogens is 513 g/mol. The lowest BCUT2D eigenvalue weighted by Crippen LogP contribution is -2.40. The molecule has 184 valence electrons. The average molecular weight is 539 g/mol. The first kappa shape index (κ1) is 24.9. The molecule has 0 radical (unpaired) electrons. The van der Waals surface area contributed by atoms with Crippen molar-refractivity contribution in [1.82, 2.24) is 9.88 Å². The highest BCUT2D eigenvalue weighted by Crippen LogP contribution is 2.39. The van der Waals surface area contributed by atoms with E-state index in [1.165, 1.54) is 18.2 Å². The predicted molar refractivity (Wildman–Crippen MR) is 148 cm³/mol. The third-order valence-corrected chi connectivity index (χ3v) is 7.91. The summed E-state index contributed by atoms with van der Waals surface area (Å²) in [5.74, 6) is 0.726. The Balaban J connectivity index is 1.36. The SMILES string of the molecule is O=C1/C(=C/c2ccc(OCc3ccccc3Cl)cc2)SC(=Nc2cccnc2Cl)N1C1CCCCC1. The van der Waals surface area contributed by atoms with Crippen LogP contribution in [0.1, 0.15) is 43.2 Å². The molecule has 0 atom stereocenters. The van der Waals surface area contributed by atoms with Crippen molar-refractivity contribution in [2.45, 2.75) is 44.8 Å². The molecular formula is C28H25Cl2N3O2S. The van der Waals surface area contributed by atoms with E-state index >= 15 is 0 Å². The van der Waals surface area contributed by atoms with Gasteiger partial charge >= 0.3 is 0 Å². The molecule has 3 aromatic rings. The first-order valence-corrected chi connectivity index (χ1v) is 13.5. The van der Waals surface area contributed by atoms with Crippen LogP contribution < -0.4 is 4.74 Å². The van der Waals surface area contributed by atoms with E-state index in [2.05, 4.69) is 4.98 Å². The van der Waals surface area contributed by atoms with Crippen LogP contribution in [0.3, 0.4) is 0 Å². The number of ether oxygens (including phenoxy) is 1. The summed E-state index contributed by atoms with van der Waals surface area (Å²) in [5, 5.41) is 1.67. The summed E-state index contributed by atoms with van der Waals surface area (Å²) >= 11 is 13.9. The second-order valence-corrected chi connectivity index (χ2v) is 10.5. The Morgan fingerprint density at radius 2 is 1.81 bits per heavy atom. The summed E-state index contributed by atoms with van der Waals surface area (Å²) in [6.07, 6.45) is 8.95. The van der Waals surface area contributed by atoms with E-state index in [9.17, 15) is 4.79 Å². The lowest BCUT2D eigenvalue weighted by molar-refractivity contribution is -0.124. The van der Waals surface area contributed by atoms with Gasteiger partial charge in [-0.3, -0.25) is 9.69 Å². The standard InChI is InChI=1S/C28H25Cl2N3O2S/c29-23-10-5-4-7-20(23)18-35-22-14-12-19(13-15-22)17-25-27(34)33(21-8-2-1-3-9-21)28(36-25)32-24-11-6-16-31-26(24)30/h4-7,10-17,21H,1-3,8-9,18H2/b25-17-,32-28?. The first-order chi connectivity index (χ1) is 17.6. The Kier molecular flexibility index (Phi) is 7.95. The molecule has 2 aromatic carbocycles. The number of amidine groups is 1. The Bertz CT molecular complexity index is 1300. The van der Waals surface area contributed by atoms with Crippen LogP contribution >= 0.6 is 35.0 Å². The Hall–Kier alpha value is -2.80. The van der Waals surface area contributed by atoms with E-state index in [0.29, 0.717) is 32.5 Å². The molecule has 1 saturated heterocycles. The van der Waals surface area contributed by atoms with Crippen LogP contribution in [-0.4, -0.2) is 27.0 Å². The second-order valence-electron chi connectivity index (χ2n) is 8.73. The average Bonchev–Trinajstić information content (AvgIpc) is 3.20. The fourth-order valence-corrected chi connectivity index (χ4v) is 5.78. The van der Waals surface area contributed by atoms with Crippen molar-refractivity contribution in [1.29, 1.82) is 0 Å². The molecule has 0 N–H and O–H groups in total. The number of amides is 1. The zero-order valence-corrected chi connectivity index (χ0v) is 21.9. The highest BCUT2D eigenvalue weighted by molar-refractivity contribution is 8.18. The van der Waals surface area contributed by atoms with Gasteiger partial charge in [-0.25, -0.2) is 9.98 Å². The van der Waals surface area contributed by atoms with E-state index in [1.54, 1.807) is 12.3 Å². The van der Waals surface area contributed by atoms with E-state index in [1.807, 2.05) is 65.6 Å². The number of aromatic nitrogens is 1. The normalized spacial score (nSPS) is 18.8. The summed E-state index contributed by atoms with van der Waals surface area (Å²) in [5.41, 5.74) is 2.42. The molecule has 5 nitrogen and oxygen atoms in total. The fraction of sp³-hybridized carbons (Fsp3) is 0.250. The number of thioether (sulfide) groups is 1. The maximum atomic E-state index is 13.5. The molecule has 0 bridgehead atoms. The second kappa shape index (κ2) is 11.5. The van der Waals surface area contributed by atoms with Crippen molar-refractivity contribution in [3.05, 3.63) is 93.1 Å². The molecule has 1 aromatic heterocycles. The van der Waals surface area contributed by atoms with Crippen LogP contribution in [0.25, 0.3) is 6.08 Å². The van der Waals surface area contributed by atoms with Crippen molar-refractivity contribution in [3.63, 3.8) is 0 Å². The molecule has 2 heterocycles. The summed E-state index contributed by atoms with van der Waals surface area (Å²) in [7, 11) is 0. The minimum absolute atomic E-state index is 0.00953. The smallest absolute Gasteiger partial charge is 0.267 e. The van der Waals surface area contributed by atoms with Crippen LogP contribution in [0.15, 0.2) is 76.8 Å². The highest BCUT2D eigenvalue weighted by atomic mass is 35.5. The molecule has 8 heteroatoms. The van der Waals surface area contributed by atoms with E-state index in [-0.39, 0.29) is 11.9 Å². The summed E-state index contributed by atoms with van der Waals surface area (Å²) in [6, 6.07) is 19.1. The van der Waals surface area contributed by atoms with E-state index < -0.39 is 0 Å². The van der Waals surface area contributed by atoms with Crippen LogP contribution in [-0.2, 0) is 11.4 Å². The molecule has 2 aliphatic rings. The molecule has 0 unspecified atom stereocenters. The summed E-state index contributed by atoms with van der Waals surface area (Å²) < 4.78 is 5.89. The number of rotatable bonds is 6. The van der Waals surface area contributed by atoms with Gasteiger partial charge in [0.25, 0.3) is 5.91 Å². The van der Waals surface area contributed by atoms with Gasteiger partial charge in [-0.1, -0.05) is 72.8 Å². The van der Waals surface area contributed by atoms with Gasteiger partial charge in [0.1, 0.15) is 18.0 Å².